The summed E-state index contributed by atoms with van der Waals surface area (Å²) in [5.41, 5.74) is 0.777. The van der Waals surface area contributed by atoms with Crippen LogP contribution in [0, 0.1) is 0 Å². The van der Waals surface area contributed by atoms with Gasteiger partial charge in [0.2, 0.25) is 0 Å². The van der Waals surface area contributed by atoms with E-state index in [1.165, 1.54) is 18.2 Å². The maximum absolute atomic E-state index is 15.0. The molecule has 0 saturated carbocycles. The quantitative estimate of drug-likeness (QED) is 0.337. The van der Waals surface area contributed by atoms with Crippen LogP contribution in [0.4, 0.5) is 19.3 Å². The summed E-state index contributed by atoms with van der Waals surface area (Å²) in [6.45, 7) is -0.127. The summed E-state index contributed by atoms with van der Waals surface area (Å²) in [6.07, 6.45) is -3.91. The van der Waals surface area contributed by atoms with Gasteiger partial charge >= 0.3 is 18.0 Å². The van der Waals surface area contributed by atoms with E-state index in [4.69, 9.17) is 9.84 Å². The fourth-order valence-electron chi connectivity index (χ4n) is 3.36. The van der Waals surface area contributed by atoms with Crippen LogP contribution in [0.15, 0.2) is 84.9 Å². The number of halogens is 2. The minimum Gasteiger partial charge on any atom is -0.478 e. The number of alkyl carbamates (subject to hydrolysis) is 1. The van der Waals surface area contributed by atoms with E-state index in [2.05, 4.69) is 5.32 Å². The molecule has 0 aliphatic rings. The van der Waals surface area contributed by atoms with E-state index in [1.807, 2.05) is 5.32 Å². The van der Waals surface area contributed by atoms with Crippen molar-refractivity contribution >= 4 is 23.7 Å². The van der Waals surface area contributed by atoms with Gasteiger partial charge in [0, 0.05) is 5.69 Å². The van der Waals surface area contributed by atoms with Crippen molar-refractivity contribution in [2.75, 3.05) is 5.32 Å². The molecule has 0 radical (unpaired) electrons. The maximum Gasteiger partial charge on any atom is 0.407 e. The average molecular weight is 498 g/mol. The summed E-state index contributed by atoms with van der Waals surface area (Å²) in [5.74, 6) is -7.53. The Balaban J connectivity index is 1.75. The van der Waals surface area contributed by atoms with Crippen LogP contribution in [0.5, 0.6) is 0 Å². The topological polar surface area (TPSA) is 125 Å². The molecule has 4 N–H and O–H groups in total. The summed E-state index contributed by atoms with van der Waals surface area (Å²) in [4.78, 5) is 35.9. The van der Waals surface area contributed by atoms with Crippen LogP contribution in [-0.2, 0) is 22.6 Å². The lowest BCUT2D eigenvalue weighted by molar-refractivity contribution is -0.160. The predicted octanol–water partition coefficient (Wildman–Crippen LogP) is 3.86. The smallest absolute Gasteiger partial charge is 0.407 e. The monoisotopic (exact) mass is 498 g/mol. The zero-order chi connectivity index (χ0) is 26.1. The molecule has 3 aromatic carbocycles. The molecule has 0 bridgehead atoms. The highest BCUT2D eigenvalue weighted by Gasteiger charge is 2.50. The highest BCUT2D eigenvalue weighted by molar-refractivity contribution is 5.98. The Morgan fingerprint density at radius 3 is 2.11 bits per heavy atom. The highest BCUT2D eigenvalue weighted by Crippen LogP contribution is 2.26. The van der Waals surface area contributed by atoms with E-state index in [0.717, 1.165) is 6.07 Å². The number of aliphatic hydroxyl groups is 1. The van der Waals surface area contributed by atoms with E-state index in [9.17, 15) is 19.5 Å². The second-order valence-corrected chi connectivity index (χ2v) is 7.91. The summed E-state index contributed by atoms with van der Waals surface area (Å²) in [5, 5.41) is 23.8. The summed E-state index contributed by atoms with van der Waals surface area (Å²) in [7, 11) is 0. The molecule has 36 heavy (non-hydrogen) atoms. The first-order valence-electron chi connectivity index (χ1n) is 10.9. The van der Waals surface area contributed by atoms with Crippen LogP contribution in [0.25, 0.3) is 0 Å². The molecule has 3 aromatic rings. The second kappa shape index (κ2) is 11.9. The molecule has 0 saturated heterocycles. The number of benzene rings is 3. The fourth-order valence-corrected chi connectivity index (χ4v) is 3.36. The number of carboxylic acid groups (broad SMARTS) is 1. The largest absolute Gasteiger partial charge is 0.478 e. The first kappa shape index (κ1) is 26.3. The normalized spacial score (nSPS) is 12.8. The SMILES string of the molecule is O=C(NC(Cc1ccccc1)C(O)C(F)(F)C(=O)Nc1cccc(C(=O)O)c1)OCc1ccccc1. The van der Waals surface area contributed by atoms with Gasteiger partial charge in [-0.05, 0) is 35.7 Å². The average Bonchev–Trinajstić information content (AvgIpc) is 2.88. The molecule has 188 valence electrons. The van der Waals surface area contributed by atoms with Crippen LogP contribution in [-0.4, -0.2) is 46.3 Å². The Morgan fingerprint density at radius 2 is 1.50 bits per heavy atom. The summed E-state index contributed by atoms with van der Waals surface area (Å²) in [6, 6.07) is 20.1. The molecule has 3 rings (SSSR count). The number of alkyl halides is 2. The molecule has 0 aromatic heterocycles. The third-order valence-corrected chi connectivity index (χ3v) is 5.24. The predicted molar refractivity (Wildman–Crippen MR) is 127 cm³/mol. The number of amides is 2. The van der Waals surface area contributed by atoms with E-state index < -0.39 is 36.0 Å². The second-order valence-electron chi connectivity index (χ2n) is 7.91. The van der Waals surface area contributed by atoms with Crippen molar-refractivity contribution in [2.45, 2.75) is 31.1 Å². The van der Waals surface area contributed by atoms with E-state index in [-0.39, 0.29) is 24.3 Å². The van der Waals surface area contributed by atoms with Crippen molar-refractivity contribution < 1.29 is 38.1 Å². The van der Waals surface area contributed by atoms with Crippen LogP contribution >= 0.6 is 0 Å². The number of rotatable bonds is 10. The third kappa shape index (κ3) is 7.09. The molecular weight excluding hydrogens is 474 g/mol. The first-order chi connectivity index (χ1) is 17.2. The maximum atomic E-state index is 15.0. The first-order valence-corrected chi connectivity index (χ1v) is 10.9. The number of hydrogen-bond acceptors (Lipinski definition) is 5. The minimum absolute atomic E-state index is 0.127. The molecule has 0 heterocycles. The number of ether oxygens (including phenoxy) is 1. The Hall–Kier alpha value is -4.31. The highest BCUT2D eigenvalue weighted by atomic mass is 19.3. The standard InChI is InChI=1S/C26H24F2N2O6/c27-26(28,24(34)29-20-13-7-12-19(15-20)23(32)33)22(31)21(14-17-8-3-1-4-9-17)30-25(35)36-16-18-10-5-2-6-11-18/h1-13,15,21-22,31H,14,16H2,(H,29,34)(H,30,35)(H,32,33). The van der Waals surface area contributed by atoms with Crippen molar-refractivity contribution in [2.24, 2.45) is 0 Å². The van der Waals surface area contributed by atoms with Gasteiger partial charge in [-0.25, -0.2) is 9.59 Å². The number of carboxylic acids is 1. The summed E-state index contributed by atoms with van der Waals surface area (Å²) < 4.78 is 35.2. The molecule has 2 unspecified atom stereocenters. The Morgan fingerprint density at radius 1 is 0.889 bits per heavy atom. The number of nitrogens with one attached hydrogen (secondary N) is 2. The molecule has 0 aliphatic carbocycles. The van der Waals surface area contributed by atoms with Crippen molar-refractivity contribution in [3.63, 3.8) is 0 Å². The Bertz CT molecular complexity index is 1190. The number of aromatic carboxylic acids is 1. The number of carbonyl (C=O) groups excluding carboxylic acids is 2. The van der Waals surface area contributed by atoms with Crippen LogP contribution in [0.3, 0.4) is 0 Å². The molecular formula is C26H24F2N2O6. The lowest BCUT2D eigenvalue weighted by Crippen LogP contribution is -2.57. The molecule has 0 aliphatic heterocycles. The van der Waals surface area contributed by atoms with Gasteiger partial charge in [-0.15, -0.1) is 0 Å². The van der Waals surface area contributed by atoms with Crippen molar-refractivity contribution in [3.8, 4) is 0 Å². The van der Waals surface area contributed by atoms with Gasteiger partial charge in [-0.1, -0.05) is 66.7 Å². The van der Waals surface area contributed by atoms with Gasteiger partial charge < -0.3 is 25.6 Å². The molecule has 0 spiro atoms. The lowest BCUT2D eigenvalue weighted by Gasteiger charge is -2.29. The number of carbonyl (C=O) groups is 3. The van der Waals surface area contributed by atoms with Crippen LogP contribution < -0.4 is 10.6 Å². The van der Waals surface area contributed by atoms with Gasteiger partial charge in [0.1, 0.15) is 12.7 Å². The fraction of sp³-hybridized carbons (Fsp3) is 0.192. The third-order valence-electron chi connectivity index (χ3n) is 5.24. The number of anilines is 1. The number of aliphatic hydroxyl groups excluding tert-OH is 1. The van der Waals surface area contributed by atoms with Crippen LogP contribution in [0.1, 0.15) is 21.5 Å². The van der Waals surface area contributed by atoms with Crippen molar-refractivity contribution in [1.82, 2.24) is 5.32 Å². The number of hydrogen-bond donors (Lipinski definition) is 4. The van der Waals surface area contributed by atoms with E-state index in [1.54, 1.807) is 60.7 Å². The van der Waals surface area contributed by atoms with E-state index >= 15 is 8.78 Å². The van der Waals surface area contributed by atoms with Crippen molar-refractivity contribution in [3.05, 3.63) is 102 Å². The van der Waals surface area contributed by atoms with Crippen molar-refractivity contribution in [1.29, 1.82) is 0 Å². The molecule has 10 heteroatoms. The molecule has 8 nitrogen and oxygen atoms in total. The van der Waals surface area contributed by atoms with Gasteiger partial charge in [0.05, 0.1) is 11.6 Å². The lowest BCUT2D eigenvalue weighted by atomic mass is 9.96. The molecule has 2 atom stereocenters. The minimum atomic E-state index is -4.36. The van der Waals surface area contributed by atoms with Crippen LogP contribution in [0.2, 0.25) is 0 Å². The van der Waals surface area contributed by atoms with Gasteiger partial charge in [-0.3, -0.25) is 4.79 Å². The van der Waals surface area contributed by atoms with Gasteiger partial charge in [0.15, 0.2) is 0 Å². The van der Waals surface area contributed by atoms with Gasteiger partial charge in [0.25, 0.3) is 5.91 Å². The Labute approximate surface area is 205 Å². The van der Waals surface area contributed by atoms with E-state index in [0.29, 0.717) is 11.1 Å². The molecule has 0 fully saturated rings. The van der Waals surface area contributed by atoms with Gasteiger partial charge in [-0.2, -0.15) is 8.78 Å². The summed E-state index contributed by atoms with van der Waals surface area (Å²) >= 11 is 0. The zero-order valence-corrected chi connectivity index (χ0v) is 18.9. The molecule has 2 amide bonds. The Kier molecular flexibility index (Phi) is 8.69. The zero-order valence-electron chi connectivity index (χ0n) is 18.9.